The zero-order valence-corrected chi connectivity index (χ0v) is 14.4. The highest BCUT2D eigenvalue weighted by Crippen LogP contribution is 2.24. The average Bonchev–Trinajstić information content (AvgIpc) is 2.88. The van der Waals surface area contributed by atoms with E-state index in [1.54, 1.807) is 23.1 Å². The lowest BCUT2D eigenvalue weighted by Crippen LogP contribution is -2.39. The van der Waals surface area contributed by atoms with Crippen molar-refractivity contribution in [2.45, 2.75) is 26.0 Å². The monoisotopic (exact) mass is 322 g/mol. The van der Waals surface area contributed by atoms with Gasteiger partial charge in [-0.2, -0.15) is 11.8 Å². The topological polar surface area (TPSA) is 45.1 Å². The van der Waals surface area contributed by atoms with Crippen molar-refractivity contribution in [3.63, 3.8) is 0 Å². The van der Waals surface area contributed by atoms with Crippen molar-refractivity contribution in [3.8, 4) is 10.6 Å². The molecule has 0 fully saturated rings. The van der Waals surface area contributed by atoms with Crippen molar-refractivity contribution in [1.82, 2.24) is 10.3 Å². The van der Waals surface area contributed by atoms with E-state index < -0.39 is 5.60 Å². The first-order valence-corrected chi connectivity index (χ1v) is 9.21. The SMILES string of the molecule is CSCC(C)(O)CNCc1csc(-c2ccc(C)cc2)n1. The molecule has 0 aliphatic carbocycles. The van der Waals surface area contributed by atoms with E-state index in [-0.39, 0.29) is 0 Å². The Hall–Kier alpha value is -0.880. The second kappa shape index (κ2) is 7.40. The Kier molecular flexibility index (Phi) is 5.81. The standard InChI is InChI=1S/C16H22N2OS2/c1-12-4-6-13(7-5-12)15-18-14(9-21-15)8-17-10-16(2,19)11-20-3/h4-7,9,17,19H,8,10-11H2,1-3H3. The van der Waals surface area contributed by atoms with Crippen LogP contribution >= 0.6 is 23.1 Å². The number of hydrogen-bond donors (Lipinski definition) is 2. The summed E-state index contributed by atoms with van der Waals surface area (Å²) in [5.74, 6) is 0.728. The summed E-state index contributed by atoms with van der Waals surface area (Å²) in [7, 11) is 0. The highest BCUT2D eigenvalue weighted by atomic mass is 32.2. The number of thiazole rings is 1. The third kappa shape index (κ3) is 5.11. The second-order valence-corrected chi connectivity index (χ2v) is 7.27. The normalized spacial score (nSPS) is 14.1. The maximum Gasteiger partial charge on any atom is 0.123 e. The van der Waals surface area contributed by atoms with Gasteiger partial charge in [0.1, 0.15) is 5.01 Å². The summed E-state index contributed by atoms with van der Waals surface area (Å²) >= 11 is 3.31. The van der Waals surface area contributed by atoms with Gasteiger partial charge in [-0.25, -0.2) is 4.98 Å². The largest absolute Gasteiger partial charge is 0.388 e. The molecule has 2 N–H and O–H groups in total. The molecule has 0 spiro atoms. The van der Waals surface area contributed by atoms with E-state index in [1.807, 2.05) is 13.2 Å². The molecule has 2 aromatic rings. The Bertz CT molecular complexity index is 564. The van der Waals surface area contributed by atoms with Crippen molar-refractivity contribution < 1.29 is 5.11 Å². The van der Waals surface area contributed by atoms with Crippen LogP contribution in [0.5, 0.6) is 0 Å². The molecule has 1 unspecified atom stereocenters. The molecule has 1 aromatic heterocycles. The molecule has 3 nitrogen and oxygen atoms in total. The number of benzene rings is 1. The first kappa shape index (κ1) is 16.5. The van der Waals surface area contributed by atoms with Crippen molar-refractivity contribution in [3.05, 3.63) is 40.9 Å². The predicted molar refractivity (Wildman–Crippen MR) is 93.0 cm³/mol. The van der Waals surface area contributed by atoms with Crippen molar-refractivity contribution in [1.29, 1.82) is 0 Å². The highest BCUT2D eigenvalue weighted by Gasteiger charge is 2.18. The van der Waals surface area contributed by atoms with Gasteiger partial charge in [-0.1, -0.05) is 29.8 Å². The minimum absolute atomic E-state index is 0.575. The number of nitrogens with one attached hydrogen (secondary N) is 1. The van der Waals surface area contributed by atoms with Gasteiger partial charge in [-0.15, -0.1) is 11.3 Å². The molecular formula is C16H22N2OS2. The Labute approximate surface area is 134 Å². The summed E-state index contributed by atoms with van der Waals surface area (Å²) in [6.07, 6.45) is 2.00. The van der Waals surface area contributed by atoms with Gasteiger partial charge >= 0.3 is 0 Å². The van der Waals surface area contributed by atoms with Gasteiger partial charge in [-0.05, 0) is 20.1 Å². The fourth-order valence-electron chi connectivity index (χ4n) is 2.04. The molecule has 0 saturated carbocycles. The molecule has 114 valence electrons. The van der Waals surface area contributed by atoms with Gasteiger partial charge in [0.2, 0.25) is 0 Å². The van der Waals surface area contributed by atoms with Crippen LogP contribution in [0.3, 0.4) is 0 Å². The molecule has 0 aliphatic heterocycles. The average molecular weight is 322 g/mol. The lowest BCUT2D eigenvalue weighted by Gasteiger charge is -2.22. The molecule has 2 rings (SSSR count). The summed E-state index contributed by atoms with van der Waals surface area (Å²) in [4.78, 5) is 4.64. The second-order valence-electron chi connectivity index (χ2n) is 5.54. The number of rotatable bonds is 7. The number of aliphatic hydroxyl groups is 1. The molecule has 0 aliphatic rings. The van der Waals surface area contributed by atoms with Crippen LogP contribution in [0.15, 0.2) is 29.6 Å². The molecule has 1 heterocycles. The van der Waals surface area contributed by atoms with Crippen LogP contribution in [0.4, 0.5) is 0 Å². The van der Waals surface area contributed by atoms with Crippen LogP contribution < -0.4 is 5.32 Å². The first-order chi connectivity index (χ1) is 10.00. The van der Waals surface area contributed by atoms with E-state index in [9.17, 15) is 5.11 Å². The van der Waals surface area contributed by atoms with Crippen molar-refractivity contribution in [2.75, 3.05) is 18.6 Å². The van der Waals surface area contributed by atoms with E-state index in [0.29, 0.717) is 13.1 Å². The summed E-state index contributed by atoms with van der Waals surface area (Å²) in [6.45, 7) is 5.20. The van der Waals surface area contributed by atoms with E-state index in [2.05, 4.69) is 46.9 Å². The number of aryl methyl sites for hydroxylation is 1. The van der Waals surface area contributed by atoms with Gasteiger partial charge in [-0.3, -0.25) is 0 Å². The molecule has 0 radical (unpaired) electrons. The number of nitrogens with zero attached hydrogens (tertiary/aromatic N) is 1. The van der Waals surface area contributed by atoms with Crippen molar-refractivity contribution in [2.24, 2.45) is 0 Å². The summed E-state index contributed by atoms with van der Waals surface area (Å²) in [6, 6.07) is 8.42. The van der Waals surface area contributed by atoms with Crippen molar-refractivity contribution >= 4 is 23.1 Å². The van der Waals surface area contributed by atoms with E-state index in [0.717, 1.165) is 22.0 Å². The zero-order chi connectivity index (χ0) is 15.3. The Morgan fingerprint density at radius 2 is 2.05 bits per heavy atom. The Morgan fingerprint density at radius 1 is 1.33 bits per heavy atom. The van der Waals surface area contributed by atoms with Gasteiger partial charge in [0.25, 0.3) is 0 Å². The summed E-state index contributed by atoms with van der Waals surface area (Å²) in [5, 5.41) is 16.5. The first-order valence-electron chi connectivity index (χ1n) is 6.94. The predicted octanol–water partition coefficient (Wildman–Crippen LogP) is 3.32. The molecular weight excluding hydrogens is 300 g/mol. The van der Waals surface area contributed by atoms with Gasteiger partial charge < -0.3 is 10.4 Å². The zero-order valence-electron chi connectivity index (χ0n) is 12.7. The fraction of sp³-hybridized carbons (Fsp3) is 0.438. The molecule has 0 amide bonds. The molecule has 1 atom stereocenters. The van der Waals surface area contributed by atoms with Gasteiger partial charge in [0.15, 0.2) is 0 Å². The molecule has 0 saturated heterocycles. The Morgan fingerprint density at radius 3 is 2.71 bits per heavy atom. The summed E-state index contributed by atoms with van der Waals surface area (Å²) in [5.41, 5.74) is 2.77. The quantitative estimate of drug-likeness (QED) is 0.821. The minimum atomic E-state index is -0.671. The molecule has 0 bridgehead atoms. The third-order valence-corrected chi connectivity index (χ3v) is 4.97. The maximum absolute atomic E-state index is 10.1. The van der Waals surface area contributed by atoms with Crippen LogP contribution in [0.1, 0.15) is 18.2 Å². The maximum atomic E-state index is 10.1. The van der Waals surface area contributed by atoms with E-state index >= 15 is 0 Å². The summed E-state index contributed by atoms with van der Waals surface area (Å²) < 4.78 is 0. The van der Waals surface area contributed by atoms with Crippen LogP contribution in [0, 0.1) is 6.92 Å². The van der Waals surface area contributed by atoms with Crippen LogP contribution in [0.25, 0.3) is 10.6 Å². The smallest absolute Gasteiger partial charge is 0.123 e. The fourth-order valence-corrected chi connectivity index (χ4v) is 3.59. The van der Waals surface area contributed by atoms with E-state index in [4.69, 9.17) is 0 Å². The van der Waals surface area contributed by atoms with E-state index in [1.165, 1.54) is 5.56 Å². The number of hydrogen-bond acceptors (Lipinski definition) is 5. The van der Waals surface area contributed by atoms with Crippen LogP contribution in [0.2, 0.25) is 0 Å². The minimum Gasteiger partial charge on any atom is -0.388 e. The third-order valence-electron chi connectivity index (χ3n) is 3.12. The highest BCUT2D eigenvalue weighted by molar-refractivity contribution is 7.98. The Balaban J connectivity index is 1.90. The van der Waals surface area contributed by atoms with Gasteiger partial charge in [0.05, 0.1) is 11.3 Å². The molecule has 1 aromatic carbocycles. The number of aromatic nitrogens is 1. The number of thioether (sulfide) groups is 1. The lowest BCUT2D eigenvalue weighted by atomic mass is 10.1. The van der Waals surface area contributed by atoms with Gasteiger partial charge in [0, 0.05) is 29.8 Å². The molecule has 21 heavy (non-hydrogen) atoms. The molecule has 5 heteroatoms. The van der Waals surface area contributed by atoms with Crippen LogP contribution in [-0.4, -0.2) is 34.2 Å². The van der Waals surface area contributed by atoms with Crippen LogP contribution in [-0.2, 0) is 6.54 Å². The lowest BCUT2D eigenvalue weighted by molar-refractivity contribution is 0.0845.